The SMILES string of the molecule is CC1CC1c1ccc(/C=C/C(=O)Nc2ccc(N3CCOCC3)nc2)o1. The first-order valence-electron chi connectivity index (χ1n) is 9.06. The highest BCUT2D eigenvalue weighted by molar-refractivity contribution is 6.01. The Balaban J connectivity index is 1.31. The minimum Gasteiger partial charge on any atom is -0.461 e. The molecule has 26 heavy (non-hydrogen) atoms. The number of hydrogen-bond acceptors (Lipinski definition) is 5. The molecule has 1 aliphatic carbocycles. The van der Waals surface area contributed by atoms with Gasteiger partial charge < -0.3 is 19.4 Å². The van der Waals surface area contributed by atoms with Crippen molar-refractivity contribution in [3.05, 3.63) is 48.1 Å². The van der Waals surface area contributed by atoms with Gasteiger partial charge in [-0.3, -0.25) is 4.79 Å². The third-order valence-corrected chi connectivity index (χ3v) is 4.87. The first-order chi connectivity index (χ1) is 12.7. The van der Waals surface area contributed by atoms with E-state index in [1.54, 1.807) is 12.3 Å². The van der Waals surface area contributed by atoms with Crippen molar-refractivity contribution in [3.8, 4) is 0 Å². The molecule has 1 saturated carbocycles. The van der Waals surface area contributed by atoms with Gasteiger partial charge in [-0.1, -0.05) is 6.92 Å². The van der Waals surface area contributed by atoms with E-state index in [1.807, 2.05) is 24.3 Å². The number of carbonyl (C=O) groups is 1. The van der Waals surface area contributed by atoms with Crippen molar-refractivity contribution in [3.63, 3.8) is 0 Å². The Morgan fingerprint density at radius 3 is 2.77 bits per heavy atom. The van der Waals surface area contributed by atoms with Gasteiger partial charge in [-0.25, -0.2) is 4.98 Å². The third kappa shape index (κ3) is 3.96. The van der Waals surface area contributed by atoms with E-state index < -0.39 is 0 Å². The number of amides is 1. The van der Waals surface area contributed by atoms with Gasteiger partial charge in [-0.05, 0) is 42.7 Å². The second-order valence-corrected chi connectivity index (χ2v) is 6.89. The van der Waals surface area contributed by atoms with Crippen LogP contribution in [0.4, 0.5) is 11.5 Å². The van der Waals surface area contributed by atoms with E-state index in [-0.39, 0.29) is 5.91 Å². The van der Waals surface area contributed by atoms with Crippen LogP contribution in [0.25, 0.3) is 6.08 Å². The summed E-state index contributed by atoms with van der Waals surface area (Å²) in [5.41, 5.74) is 0.670. The Bertz CT molecular complexity index is 791. The molecule has 4 rings (SSSR count). The fourth-order valence-electron chi connectivity index (χ4n) is 3.16. The van der Waals surface area contributed by atoms with Gasteiger partial charge in [0.15, 0.2) is 0 Å². The summed E-state index contributed by atoms with van der Waals surface area (Å²) in [6.45, 7) is 5.34. The molecule has 2 aliphatic rings. The van der Waals surface area contributed by atoms with E-state index >= 15 is 0 Å². The van der Waals surface area contributed by atoms with E-state index in [2.05, 4.69) is 22.1 Å². The maximum atomic E-state index is 12.1. The number of anilines is 2. The highest BCUT2D eigenvalue weighted by atomic mass is 16.5. The van der Waals surface area contributed by atoms with E-state index in [1.165, 1.54) is 12.5 Å². The van der Waals surface area contributed by atoms with Crippen LogP contribution in [0.15, 0.2) is 41.0 Å². The lowest BCUT2D eigenvalue weighted by Crippen LogP contribution is -2.36. The lowest BCUT2D eigenvalue weighted by atomic mass is 10.3. The van der Waals surface area contributed by atoms with Gasteiger partial charge in [0, 0.05) is 25.1 Å². The van der Waals surface area contributed by atoms with E-state index in [0.717, 1.165) is 37.9 Å². The molecule has 0 radical (unpaired) electrons. The minimum atomic E-state index is -0.205. The Morgan fingerprint density at radius 2 is 2.08 bits per heavy atom. The second-order valence-electron chi connectivity index (χ2n) is 6.89. The van der Waals surface area contributed by atoms with Gasteiger partial charge in [0.25, 0.3) is 0 Å². The van der Waals surface area contributed by atoms with Crippen LogP contribution >= 0.6 is 0 Å². The average molecular weight is 353 g/mol. The monoisotopic (exact) mass is 353 g/mol. The zero-order valence-corrected chi connectivity index (χ0v) is 14.9. The van der Waals surface area contributed by atoms with Crippen LogP contribution in [0, 0.1) is 5.92 Å². The molecule has 2 unspecified atom stereocenters. The molecule has 1 amide bonds. The Morgan fingerprint density at radius 1 is 1.27 bits per heavy atom. The molecule has 2 atom stereocenters. The molecule has 2 aromatic rings. The van der Waals surface area contributed by atoms with Gasteiger partial charge in [-0.15, -0.1) is 0 Å². The van der Waals surface area contributed by atoms with E-state index in [4.69, 9.17) is 9.15 Å². The molecule has 0 aromatic carbocycles. The van der Waals surface area contributed by atoms with Crippen molar-refractivity contribution in [2.45, 2.75) is 19.3 Å². The molecular weight excluding hydrogens is 330 g/mol. The molecule has 1 N–H and O–H groups in total. The molecule has 2 aromatic heterocycles. The Kier molecular flexibility index (Phi) is 4.75. The number of nitrogens with one attached hydrogen (secondary N) is 1. The molecule has 6 heteroatoms. The van der Waals surface area contributed by atoms with Crippen LogP contribution in [0.3, 0.4) is 0 Å². The first kappa shape index (κ1) is 16.8. The van der Waals surface area contributed by atoms with Crippen LogP contribution in [0.2, 0.25) is 0 Å². The summed E-state index contributed by atoms with van der Waals surface area (Å²) in [5.74, 6) is 3.66. The number of morpholine rings is 1. The maximum absolute atomic E-state index is 12.1. The number of rotatable bonds is 5. The smallest absolute Gasteiger partial charge is 0.248 e. The van der Waals surface area contributed by atoms with Crippen LogP contribution in [0.1, 0.15) is 30.8 Å². The van der Waals surface area contributed by atoms with Crippen molar-refractivity contribution >= 4 is 23.5 Å². The molecule has 1 aliphatic heterocycles. The Hall–Kier alpha value is -2.60. The number of nitrogens with zero attached hydrogens (tertiary/aromatic N) is 2. The largest absolute Gasteiger partial charge is 0.461 e. The summed E-state index contributed by atoms with van der Waals surface area (Å²) in [5, 5.41) is 2.82. The van der Waals surface area contributed by atoms with Crippen molar-refractivity contribution in [2.75, 3.05) is 36.5 Å². The van der Waals surface area contributed by atoms with Gasteiger partial charge in [0.05, 0.1) is 25.1 Å². The molecule has 3 heterocycles. The number of furan rings is 1. The molecule has 136 valence electrons. The predicted octanol–water partition coefficient (Wildman–Crippen LogP) is 3.29. The highest BCUT2D eigenvalue weighted by Gasteiger charge is 2.36. The topological polar surface area (TPSA) is 67.6 Å². The van der Waals surface area contributed by atoms with E-state index in [0.29, 0.717) is 23.3 Å². The summed E-state index contributed by atoms with van der Waals surface area (Å²) in [7, 11) is 0. The van der Waals surface area contributed by atoms with Crippen LogP contribution in [-0.4, -0.2) is 37.2 Å². The molecule has 2 fully saturated rings. The lowest BCUT2D eigenvalue weighted by molar-refractivity contribution is -0.111. The first-order valence-corrected chi connectivity index (χ1v) is 9.06. The van der Waals surface area contributed by atoms with E-state index in [9.17, 15) is 4.79 Å². The zero-order valence-electron chi connectivity index (χ0n) is 14.9. The molecule has 0 bridgehead atoms. The number of aromatic nitrogens is 1. The van der Waals surface area contributed by atoms with Crippen molar-refractivity contribution in [1.29, 1.82) is 0 Å². The van der Waals surface area contributed by atoms with Gasteiger partial charge in [0.1, 0.15) is 17.3 Å². The summed E-state index contributed by atoms with van der Waals surface area (Å²) in [6, 6.07) is 7.69. The maximum Gasteiger partial charge on any atom is 0.248 e. The van der Waals surface area contributed by atoms with Crippen molar-refractivity contribution in [2.24, 2.45) is 5.92 Å². The normalized spacial score (nSPS) is 22.6. The fraction of sp³-hybridized carbons (Fsp3) is 0.400. The molecule has 1 saturated heterocycles. The lowest BCUT2D eigenvalue weighted by Gasteiger charge is -2.27. The second kappa shape index (κ2) is 7.33. The predicted molar refractivity (Wildman–Crippen MR) is 100 cm³/mol. The van der Waals surface area contributed by atoms with Gasteiger partial charge in [0.2, 0.25) is 5.91 Å². The number of ether oxygens (including phenoxy) is 1. The van der Waals surface area contributed by atoms with Crippen LogP contribution in [-0.2, 0) is 9.53 Å². The number of carbonyl (C=O) groups excluding carboxylic acids is 1. The molecule has 6 nitrogen and oxygen atoms in total. The summed E-state index contributed by atoms with van der Waals surface area (Å²) < 4.78 is 11.1. The fourth-order valence-corrected chi connectivity index (χ4v) is 3.16. The van der Waals surface area contributed by atoms with Gasteiger partial charge in [-0.2, -0.15) is 0 Å². The molecular formula is C20H23N3O3. The van der Waals surface area contributed by atoms with Crippen LogP contribution in [0.5, 0.6) is 0 Å². The van der Waals surface area contributed by atoms with Crippen molar-refractivity contribution in [1.82, 2.24) is 4.98 Å². The van der Waals surface area contributed by atoms with Crippen LogP contribution < -0.4 is 10.2 Å². The summed E-state index contributed by atoms with van der Waals surface area (Å²) in [4.78, 5) is 18.7. The number of pyridine rings is 1. The number of hydrogen-bond donors (Lipinski definition) is 1. The van der Waals surface area contributed by atoms with Crippen molar-refractivity contribution < 1.29 is 13.9 Å². The highest BCUT2D eigenvalue weighted by Crippen LogP contribution is 2.47. The molecule has 0 spiro atoms. The minimum absolute atomic E-state index is 0.205. The standard InChI is InChI=1S/C20H23N3O3/c1-14-12-17(14)18-5-3-16(26-18)4-7-20(24)22-15-2-6-19(21-13-15)23-8-10-25-11-9-23/h2-7,13-14,17H,8-12H2,1H3,(H,22,24)/b7-4+. The summed E-state index contributed by atoms with van der Waals surface area (Å²) >= 11 is 0. The average Bonchev–Trinajstić information content (AvgIpc) is 3.21. The zero-order chi connectivity index (χ0) is 17.9. The third-order valence-electron chi connectivity index (χ3n) is 4.87. The summed E-state index contributed by atoms with van der Waals surface area (Å²) in [6.07, 6.45) is 6.04. The Labute approximate surface area is 152 Å². The quantitative estimate of drug-likeness (QED) is 0.836. The van der Waals surface area contributed by atoms with Gasteiger partial charge >= 0.3 is 0 Å².